The molecule has 1 aliphatic rings. The second-order valence-electron chi connectivity index (χ2n) is 7.53. The van der Waals surface area contributed by atoms with Gasteiger partial charge in [0.05, 0.1) is 11.1 Å². The summed E-state index contributed by atoms with van der Waals surface area (Å²) in [5.41, 5.74) is 0.970. The number of aryl methyl sites for hydroxylation is 1. The van der Waals surface area contributed by atoms with Crippen LogP contribution in [0, 0.1) is 6.92 Å². The second kappa shape index (κ2) is 6.46. The van der Waals surface area contributed by atoms with Crippen LogP contribution < -0.4 is 5.56 Å². The number of piperidine rings is 1. The molecule has 2 aromatic heterocycles. The third-order valence-corrected chi connectivity index (χ3v) is 4.45. The summed E-state index contributed by atoms with van der Waals surface area (Å²) in [7, 11) is 0. The molecule has 7 nitrogen and oxygen atoms in total. The third kappa shape index (κ3) is 3.81. The lowest BCUT2D eigenvalue weighted by Gasteiger charge is -2.33. The van der Waals surface area contributed by atoms with Crippen LogP contribution >= 0.6 is 0 Å². The molecule has 1 N–H and O–H groups in total. The molecule has 1 aliphatic heterocycles. The molecule has 0 unspecified atom stereocenters. The molecular formula is C18H24N4O3. The maximum Gasteiger partial charge on any atom is 0.410 e. The maximum absolute atomic E-state index is 12.1. The van der Waals surface area contributed by atoms with E-state index in [1.165, 1.54) is 0 Å². The normalized spacial score (nSPS) is 16.2. The fourth-order valence-electron chi connectivity index (χ4n) is 3.11. The fraction of sp³-hybridized carbons (Fsp3) is 0.556. The first-order valence-electron chi connectivity index (χ1n) is 8.57. The molecule has 0 aliphatic carbocycles. The predicted molar refractivity (Wildman–Crippen MR) is 94.7 cm³/mol. The lowest BCUT2D eigenvalue weighted by atomic mass is 9.92. The monoisotopic (exact) mass is 344 g/mol. The SMILES string of the molecule is Cc1n[nH]c(=O)c2cc(C3CCN(C(=O)OC(C)(C)C)CC3)ncc12. The van der Waals surface area contributed by atoms with E-state index >= 15 is 0 Å². The van der Waals surface area contributed by atoms with Crippen molar-refractivity contribution in [2.75, 3.05) is 13.1 Å². The molecule has 0 spiro atoms. The van der Waals surface area contributed by atoms with Crippen molar-refractivity contribution in [3.8, 4) is 0 Å². The number of rotatable bonds is 1. The van der Waals surface area contributed by atoms with E-state index in [0.29, 0.717) is 18.5 Å². The molecule has 3 heterocycles. The van der Waals surface area contributed by atoms with Crippen LogP contribution in [0.25, 0.3) is 10.8 Å². The Balaban J connectivity index is 1.73. The van der Waals surface area contributed by atoms with Crippen molar-refractivity contribution in [1.82, 2.24) is 20.1 Å². The lowest BCUT2D eigenvalue weighted by Crippen LogP contribution is -2.41. The highest BCUT2D eigenvalue weighted by Gasteiger charge is 2.28. The minimum atomic E-state index is -0.485. The van der Waals surface area contributed by atoms with Crippen molar-refractivity contribution in [3.63, 3.8) is 0 Å². The van der Waals surface area contributed by atoms with Crippen molar-refractivity contribution in [1.29, 1.82) is 0 Å². The van der Waals surface area contributed by atoms with Gasteiger partial charge in [0.25, 0.3) is 5.56 Å². The summed E-state index contributed by atoms with van der Waals surface area (Å²) >= 11 is 0. The number of nitrogens with one attached hydrogen (secondary N) is 1. The highest BCUT2D eigenvalue weighted by atomic mass is 16.6. The van der Waals surface area contributed by atoms with Crippen LogP contribution in [0.5, 0.6) is 0 Å². The molecular weight excluding hydrogens is 320 g/mol. The number of hydrogen-bond acceptors (Lipinski definition) is 5. The summed E-state index contributed by atoms with van der Waals surface area (Å²) in [5.74, 6) is 0.232. The number of ether oxygens (including phenoxy) is 1. The van der Waals surface area contributed by atoms with Crippen LogP contribution in [0.2, 0.25) is 0 Å². The minimum Gasteiger partial charge on any atom is -0.444 e. The van der Waals surface area contributed by atoms with Crippen LogP contribution in [-0.2, 0) is 4.74 Å². The molecule has 2 aromatic rings. The molecule has 1 amide bonds. The van der Waals surface area contributed by atoms with Crippen molar-refractivity contribution in [2.24, 2.45) is 0 Å². The average Bonchev–Trinajstić information content (AvgIpc) is 2.57. The molecule has 3 rings (SSSR count). The fourth-order valence-corrected chi connectivity index (χ4v) is 3.11. The quantitative estimate of drug-likeness (QED) is 0.859. The van der Waals surface area contributed by atoms with Crippen LogP contribution in [0.1, 0.15) is 50.9 Å². The van der Waals surface area contributed by atoms with E-state index < -0.39 is 5.60 Å². The molecule has 0 radical (unpaired) electrons. The van der Waals surface area contributed by atoms with E-state index in [9.17, 15) is 9.59 Å². The molecule has 1 fully saturated rings. The first-order chi connectivity index (χ1) is 11.7. The number of carbonyl (C=O) groups is 1. The molecule has 7 heteroatoms. The van der Waals surface area contributed by atoms with Gasteiger partial charge in [-0.25, -0.2) is 9.89 Å². The van der Waals surface area contributed by atoms with Gasteiger partial charge in [0.2, 0.25) is 0 Å². The number of likely N-dealkylation sites (tertiary alicyclic amines) is 1. The van der Waals surface area contributed by atoms with Crippen molar-refractivity contribution in [3.05, 3.63) is 34.0 Å². The number of fused-ring (bicyclic) bond motifs is 1. The molecule has 1 saturated heterocycles. The molecule has 0 atom stereocenters. The van der Waals surface area contributed by atoms with E-state index in [-0.39, 0.29) is 17.6 Å². The van der Waals surface area contributed by atoms with E-state index in [1.54, 1.807) is 11.1 Å². The van der Waals surface area contributed by atoms with Gasteiger partial charge in [-0.15, -0.1) is 0 Å². The van der Waals surface area contributed by atoms with Crippen LogP contribution in [0.3, 0.4) is 0 Å². The smallest absolute Gasteiger partial charge is 0.410 e. The summed E-state index contributed by atoms with van der Waals surface area (Å²) in [6, 6.07) is 1.86. The lowest BCUT2D eigenvalue weighted by molar-refractivity contribution is 0.0204. The van der Waals surface area contributed by atoms with Gasteiger partial charge >= 0.3 is 6.09 Å². The number of nitrogens with zero attached hydrogens (tertiary/aromatic N) is 3. The van der Waals surface area contributed by atoms with E-state index in [1.807, 2.05) is 33.8 Å². The molecule has 134 valence electrons. The molecule has 0 saturated carbocycles. The van der Waals surface area contributed by atoms with Gasteiger partial charge < -0.3 is 9.64 Å². The summed E-state index contributed by atoms with van der Waals surface area (Å²) in [6.07, 6.45) is 3.07. The summed E-state index contributed by atoms with van der Waals surface area (Å²) in [4.78, 5) is 30.4. The Bertz CT molecular complexity index is 846. The topological polar surface area (TPSA) is 88.2 Å². The van der Waals surface area contributed by atoms with E-state index in [4.69, 9.17) is 4.74 Å². The molecule has 0 bridgehead atoms. The Labute approximate surface area is 146 Å². The zero-order valence-electron chi connectivity index (χ0n) is 15.1. The Hall–Kier alpha value is -2.44. The van der Waals surface area contributed by atoms with Crippen molar-refractivity contribution in [2.45, 2.75) is 52.1 Å². The predicted octanol–water partition coefficient (Wildman–Crippen LogP) is 2.74. The Morgan fingerprint density at radius 2 is 1.96 bits per heavy atom. The number of carbonyl (C=O) groups excluding carboxylic acids is 1. The number of aromatic nitrogens is 3. The Morgan fingerprint density at radius 3 is 2.60 bits per heavy atom. The second-order valence-corrected chi connectivity index (χ2v) is 7.53. The van der Waals surface area contributed by atoms with Gasteiger partial charge in [-0.1, -0.05) is 0 Å². The first kappa shape index (κ1) is 17.4. The van der Waals surface area contributed by atoms with Crippen LogP contribution in [0.15, 0.2) is 17.1 Å². The number of aromatic amines is 1. The maximum atomic E-state index is 12.1. The van der Waals surface area contributed by atoms with Gasteiger partial charge in [-0.3, -0.25) is 9.78 Å². The van der Waals surface area contributed by atoms with Gasteiger partial charge in [0.1, 0.15) is 5.60 Å². The number of H-pyrrole nitrogens is 1. The highest BCUT2D eigenvalue weighted by molar-refractivity contribution is 5.82. The standard InChI is InChI=1S/C18H24N4O3/c1-11-14-10-19-15(9-13(14)16(23)21-20-11)12-5-7-22(8-6-12)17(24)25-18(2,3)4/h9-10,12H,5-8H2,1-4H3,(H,21,23). The van der Waals surface area contributed by atoms with E-state index in [0.717, 1.165) is 29.6 Å². The average molecular weight is 344 g/mol. The Morgan fingerprint density at radius 1 is 1.28 bits per heavy atom. The third-order valence-electron chi connectivity index (χ3n) is 4.45. The van der Waals surface area contributed by atoms with Gasteiger partial charge in [0, 0.05) is 36.3 Å². The first-order valence-corrected chi connectivity index (χ1v) is 8.57. The summed E-state index contributed by atoms with van der Waals surface area (Å²) < 4.78 is 5.42. The number of hydrogen-bond donors (Lipinski definition) is 1. The zero-order valence-corrected chi connectivity index (χ0v) is 15.1. The van der Waals surface area contributed by atoms with Crippen LogP contribution in [-0.4, -0.2) is 44.9 Å². The number of amides is 1. The van der Waals surface area contributed by atoms with Gasteiger partial charge in [0.15, 0.2) is 0 Å². The van der Waals surface area contributed by atoms with Gasteiger partial charge in [-0.05, 0) is 46.6 Å². The summed E-state index contributed by atoms with van der Waals surface area (Å²) in [5, 5.41) is 7.88. The Kier molecular flexibility index (Phi) is 4.49. The minimum absolute atomic E-state index is 0.199. The molecule has 0 aromatic carbocycles. The number of pyridine rings is 1. The van der Waals surface area contributed by atoms with Crippen LogP contribution in [0.4, 0.5) is 4.79 Å². The van der Waals surface area contributed by atoms with E-state index in [2.05, 4.69) is 15.2 Å². The van der Waals surface area contributed by atoms with Crippen molar-refractivity contribution >= 4 is 16.9 Å². The largest absolute Gasteiger partial charge is 0.444 e. The highest BCUT2D eigenvalue weighted by Crippen LogP contribution is 2.28. The zero-order chi connectivity index (χ0) is 18.2. The van der Waals surface area contributed by atoms with Gasteiger partial charge in [-0.2, -0.15) is 5.10 Å². The van der Waals surface area contributed by atoms with Crippen molar-refractivity contribution < 1.29 is 9.53 Å². The summed E-state index contributed by atoms with van der Waals surface area (Å²) in [6.45, 7) is 8.70. The molecule has 25 heavy (non-hydrogen) atoms.